The topological polar surface area (TPSA) is 12.0 Å². The van der Waals surface area contributed by atoms with Gasteiger partial charge in [-0.1, -0.05) is 78.9 Å². The van der Waals surface area contributed by atoms with Crippen LogP contribution < -0.4 is 5.32 Å². The van der Waals surface area contributed by atoms with Gasteiger partial charge in [0.15, 0.2) is 0 Å². The van der Waals surface area contributed by atoms with Gasteiger partial charge in [-0.3, -0.25) is 0 Å². The monoisotopic (exact) mass is 345 g/mol. The Labute approximate surface area is 158 Å². The zero-order valence-corrected chi connectivity index (χ0v) is 14.9. The fraction of sp³-hybridized carbons (Fsp3) is 0. The van der Waals surface area contributed by atoms with Crippen LogP contribution in [0.25, 0.3) is 32.7 Å². The zero-order chi connectivity index (χ0) is 18.1. The number of benzene rings is 5. The summed E-state index contributed by atoms with van der Waals surface area (Å²) in [6.45, 7) is 0. The first kappa shape index (κ1) is 15.7. The van der Waals surface area contributed by atoms with Crippen LogP contribution in [0.1, 0.15) is 0 Å². The Hall–Kier alpha value is -3.58. The smallest absolute Gasteiger partial charge is 0.0390 e. The molecule has 0 aliphatic carbocycles. The SMILES string of the molecule is c1ccc2cc(Nc3ccc(-c4ccc5ccccc5c4)cc3)ccc2c1. The lowest BCUT2D eigenvalue weighted by molar-refractivity contribution is 1.56. The van der Waals surface area contributed by atoms with Crippen LogP contribution >= 0.6 is 0 Å². The summed E-state index contributed by atoms with van der Waals surface area (Å²) in [5.74, 6) is 0. The van der Waals surface area contributed by atoms with Crippen LogP contribution in [0.4, 0.5) is 11.4 Å². The summed E-state index contributed by atoms with van der Waals surface area (Å²) in [7, 11) is 0. The fourth-order valence-electron chi connectivity index (χ4n) is 3.55. The van der Waals surface area contributed by atoms with Crippen LogP contribution in [0.3, 0.4) is 0 Å². The molecule has 128 valence electrons. The molecule has 0 atom stereocenters. The maximum Gasteiger partial charge on any atom is 0.0390 e. The van der Waals surface area contributed by atoms with E-state index in [2.05, 4.69) is 115 Å². The summed E-state index contributed by atoms with van der Waals surface area (Å²) in [4.78, 5) is 0. The number of rotatable bonds is 3. The van der Waals surface area contributed by atoms with Crippen molar-refractivity contribution >= 4 is 32.9 Å². The molecule has 1 nitrogen and oxygen atoms in total. The summed E-state index contributed by atoms with van der Waals surface area (Å²) in [6.07, 6.45) is 0. The third-order valence-corrected chi connectivity index (χ3v) is 5.01. The first-order valence-electron chi connectivity index (χ1n) is 9.20. The molecule has 0 amide bonds. The zero-order valence-electron chi connectivity index (χ0n) is 14.9. The Morgan fingerprint density at radius 3 is 1.59 bits per heavy atom. The number of fused-ring (bicyclic) bond motifs is 2. The second kappa shape index (κ2) is 6.62. The molecular formula is C26H19N. The number of nitrogens with one attached hydrogen (secondary N) is 1. The van der Waals surface area contributed by atoms with Crippen LogP contribution in [-0.2, 0) is 0 Å². The molecule has 0 bridgehead atoms. The highest BCUT2D eigenvalue weighted by atomic mass is 14.9. The van der Waals surface area contributed by atoms with Crippen molar-refractivity contribution in [1.29, 1.82) is 0 Å². The molecule has 0 heterocycles. The first-order valence-corrected chi connectivity index (χ1v) is 9.20. The minimum Gasteiger partial charge on any atom is -0.356 e. The predicted octanol–water partition coefficient (Wildman–Crippen LogP) is 7.40. The number of anilines is 2. The van der Waals surface area contributed by atoms with E-state index in [0.29, 0.717) is 0 Å². The van der Waals surface area contributed by atoms with Gasteiger partial charge in [0, 0.05) is 11.4 Å². The van der Waals surface area contributed by atoms with E-state index >= 15 is 0 Å². The van der Waals surface area contributed by atoms with Crippen LogP contribution in [0.5, 0.6) is 0 Å². The molecular weight excluding hydrogens is 326 g/mol. The maximum absolute atomic E-state index is 3.50. The van der Waals surface area contributed by atoms with Gasteiger partial charge in [0.1, 0.15) is 0 Å². The van der Waals surface area contributed by atoms with Crippen LogP contribution in [0.2, 0.25) is 0 Å². The van der Waals surface area contributed by atoms with Crippen LogP contribution in [-0.4, -0.2) is 0 Å². The van der Waals surface area contributed by atoms with Crippen molar-refractivity contribution in [3.63, 3.8) is 0 Å². The molecule has 0 aromatic heterocycles. The first-order chi connectivity index (χ1) is 13.3. The average molecular weight is 345 g/mol. The van der Waals surface area contributed by atoms with Crippen molar-refractivity contribution in [2.75, 3.05) is 5.32 Å². The Morgan fingerprint density at radius 1 is 0.370 bits per heavy atom. The summed E-state index contributed by atoms with van der Waals surface area (Å²) in [5, 5.41) is 8.55. The van der Waals surface area contributed by atoms with Gasteiger partial charge in [0.05, 0.1) is 0 Å². The van der Waals surface area contributed by atoms with Gasteiger partial charge in [-0.25, -0.2) is 0 Å². The van der Waals surface area contributed by atoms with E-state index in [1.165, 1.54) is 32.7 Å². The lowest BCUT2D eigenvalue weighted by atomic mass is 10.0. The van der Waals surface area contributed by atoms with Crippen molar-refractivity contribution < 1.29 is 0 Å². The van der Waals surface area contributed by atoms with Crippen molar-refractivity contribution in [3.05, 3.63) is 109 Å². The van der Waals surface area contributed by atoms with Crippen molar-refractivity contribution in [3.8, 4) is 11.1 Å². The molecule has 0 fully saturated rings. The van der Waals surface area contributed by atoms with Gasteiger partial charge in [0.2, 0.25) is 0 Å². The molecule has 0 aliphatic heterocycles. The van der Waals surface area contributed by atoms with Crippen molar-refractivity contribution in [2.45, 2.75) is 0 Å². The average Bonchev–Trinajstić information content (AvgIpc) is 2.74. The van der Waals surface area contributed by atoms with Gasteiger partial charge in [-0.15, -0.1) is 0 Å². The summed E-state index contributed by atoms with van der Waals surface area (Å²) < 4.78 is 0. The quantitative estimate of drug-likeness (QED) is 0.359. The minimum absolute atomic E-state index is 1.09. The van der Waals surface area contributed by atoms with Gasteiger partial charge in [-0.2, -0.15) is 0 Å². The molecule has 1 N–H and O–H groups in total. The summed E-state index contributed by atoms with van der Waals surface area (Å²) >= 11 is 0. The van der Waals surface area contributed by atoms with Crippen molar-refractivity contribution in [1.82, 2.24) is 0 Å². The molecule has 5 rings (SSSR count). The molecule has 5 aromatic carbocycles. The van der Waals surface area contributed by atoms with E-state index in [1.807, 2.05) is 0 Å². The lowest BCUT2D eigenvalue weighted by Crippen LogP contribution is -1.90. The molecule has 1 heteroatoms. The molecule has 0 radical (unpaired) electrons. The summed E-state index contributed by atoms with van der Waals surface area (Å²) in [5.41, 5.74) is 4.66. The lowest BCUT2D eigenvalue weighted by Gasteiger charge is -2.09. The molecule has 0 saturated carbocycles. The van der Waals surface area contributed by atoms with E-state index in [-0.39, 0.29) is 0 Å². The van der Waals surface area contributed by atoms with E-state index in [9.17, 15) is 0 Å². The highest BCUT2D eigenvalue weighted by molar-refractivity contribution is 5.88. The molecule has 0 unspecified atom stereocenters. The summed E-state index contributed by atoms with van der Waals surface area (Å²) in [6, 6.07) is 38.6. The molecule has 0 spiro atoms. The largest absolute Gasteiger partial charge is 0.356 e. The Morgan fingerprint density at radius 2 is 0.889 bits per heavy atom. The van der Waals surface area contributed by atoms with Gasteiger partial charge in [-0.05, 0) is 63.0 Å². The molecule has 27 heavy (non-hydrogen) atoms. The van der Waals surface area contributed by atoms with E-state index in [4.69, 9.17) is 0 Å². The van der Waals surface area contributed by atoms with Crippen LogP contribution in [0.15, 0.2) is 109 Å². The Bertz CT molecular complexity index is 1240. The van der Waals surface area contributed by atoms with Crippen molar-refractivity contribution in [2.24, 2.45) is 0 Å². The second-order valence-electron chi connectivity index (χ2n) is 6.83. The predicted molar refractivity (Wildman–Crippen MR) is 117 cm³/mol. The van der Waals surface area contributed by atoms with Gasteiger partial charge >= 0.3 is 0 Å². The minimum atomic E-state index is 1.09. The normalized spacial score (nSPS) is 11.0. The highest BCUT2D eigenvalue weighted by Crippen LogP contribution is 2.27. The van der Waals surface area contributed by atoms with E-state index in [1.54, 1.807) is 0 Å². The van der Waals surface area contributed by atoms with Gasteiger partial charge in [0.25, 0.3) is 0 Å². The Balaban J connectivity index is 1.41. The number of hydrogen-bond donors (Lipinski definition) is 1. The maximum atomic E-state index is 3.50. The van der Waals surface area contributed by atoms with Gasteiger partial charge < -0.3 is 5.32 Å². The molecule has 0 saturated heterocycles. The van der Waals surface area contributed by atoms with Crippen LogP contribution in [0, 0.1) is 0 Å². The third kappa shape index (κ3) is 3.16. The van der Waals surface area contributed by atoms with E-state index in [0.717, 1.165) is 11.4 Å². The fourth-order valence-corrected chi connectivity index (χ4v) is 3.55. The van der Waals surface area contributed by atoms with E-state index < -0.39 is 0 Å². The third-order valence-electron chi connectivity index (χ3n) is 5.01. The highest BCUT2D eigenvalue weighted by Gasteiger charge is 2.01. The molecule has 0 aliphatic rings. The second-order valence-corrected chi connectivity index (χ2v) is 6.83. The Kier molecular flexibility index (Phi) is 3.84. The standard InChI is InChI=1S/C26H19N/c1-3-7-22-17-24(10-9-19(22)5-1)21-11-14-25(15-12-21)27-26-16-13-20-6-2-4-8-23(20)18-26/h1-18,27H. The number of hydrogen-bond acceptors (Lipinski definition) is 1. The molecule has 5 aromatic rings.